The molecule has 11 rings (SSSR count). The molecule has 9 heteroatoms. The number of hydrogen-bond acceptors (Lipinski definition) is 5. The first-order chi connectivity index (χ1) is 31.0. The molecule has 8 nitrogen and oxygen atoms in total. The Labute approximate surface area is 375 Å². The van der Waals surface area contributed by atoms with E-state index >= 15 is 0 Å². The van der Waals surface area contributed by atoms with Crippen molar-refractivity contribution < 1.29 is 24.1 Å². The Hall–Kier alpha value is -7.67. The molecule has 7 aromatic carbocycles. The van der Waals surface area contributed by atoms with Crippen molar-refractivity contribution in [2.75, 3.05) is 19.0 Å². The van der Waals surface area contributed by atoms with Gasteiger partial charge in [0.25, 0.3) is 0 Å². The van der Waals surface area contributed by atoms with Crippen LogP contribution in [0.2, 0.25) is 0 Å². The van der Waals surface area contributed by atoms with Crippen LogP contribution in [0, 0.1) is 15.9 Å². The molecule has 0 aliphatic carbocycles. The quantitative estimate of drug-likeness (QED) is 0.135. The summed E-state index contributed by atoms with van der Waals surface area (Å²) < 4.78 is 14.5. The van der Waals surface area contributed by atoms with E-state index in [1.807, 2.05) is 50.9 Å². The molecule has 0 N–H and O–H groups in total. The molecule has 0 spiro atoms. The van der Waals surface area contributed by atoms with Crippen LogP contribution in [0.15, 0.2) is 189 Å². The molecule has 0 atom stereocenters. The Kier molecular flexibility index (Phi) is 9.71. The number of nitrogens with zero attached hydrogens (tertiary/aromatic N) is 7. The second kappa shape index (κ2) is 16.0. The van der Waals surface area contributed by atoms with Crippen molar-refractivity contribution >= 4 is 38.5 Å². The van der Waals surface area contributed by atoms with Crippen LogP contribution in [0.4, 0.5) is 5.69 Å². The van der Waals surface area contributed by atoms with Gasteiger partial charge in [-0.1, -0.05) is 12.1 Å². The number of rotatable bonds is 9. The predicted octanol–water partition coefficient (Wildman–Crippen LogP) is 12.2. The van der Waals surface area contributed by atoms with Gasteiger partial charge in [0.2, 0.25) is 0 Å². The van der Waals surface area contributed by atoms with Gasteiger partial charge in [0.15, 0.2) is 0 Å². The summed E-state index contributed by atoms with van der Waals surface area (Å²) in [5, 5.41) is 2.15. The topological polar surface area (TPSA) is 65.9 Å². The van der Waals surface area contributed by atoms with Gasteiger partial charge in [0, 0.05) is 49.5 Å². The van der Waals surface area contributed by atoms with E-state index in [-0.39, 0.29) is 0 Å². The van der Waals surface area contributed by atoms with E-state index in [9.17, 15) is 0 Å². The summed E-state index contributed by atoms with van der Waals surface area (Å²) in [5.41, 5.74) is 13.4. The molecular weight excluding hydrogens is 958 g/mol. The molecule has 0 unspecified atom stereocenters. The zero-order chi connectivity index (χ0) is 42.4. The zero-order valence-electron chi connectivity index (χ0n) is 34.3. The van der Waals surface area contributed by atoms with Crippen LogP contribution in [-0.4, -0.2) is 42.7 Å². The molecule has 0 saturated heterocycles. The number of para-hydroxylation sites is 4. The van der Waals surface area contributed by atoms with Crippen molar-refractivity contribution in [2.45, 2.75) is 0 Å². The Morgan fingerprint density at radius 3 is 1.84 bits per heavy atom. The number of aromatic nitrogens is 6. The van der Waals surface area contributed by atoms with Crippen LogP contribution >= 0.6 is 0 Å². The summed E-state index contributed by atoms with van der Waals surface area (Å²) in [6, 6.07) is 64.2. The summed E-state index contributed by atoms with van der Waals surface area (Å²) in [6.07, 6.45) is 7.05. The van der Waals surface area contributed by atoms with Crippen LogP contribution in [0.25, 0.3) is 83.4 Å². The molecule has 0 radical (unpaired) electrons. The van der Waals surface area contributed by atoms with Gasteiger partial charge in [-0.2, -0.15) is 0 Å². The fourth-order valence-electron chi connectivity index (χ4n) is 8.54. The molecule has 11 aromatic rings. The fourth-order valence-corrected chi connectivity index (χ4v) is 9.62. The number of benzene rings is 7. The standard InChI is InChI=1S/C54H37N7O.Pt/c1-58(2)51-31-53(57-34-47(51)39-32-55-35-56-33-39)61-48-24-10-9-21-45(48)46-28-27-42(30-52(46)61)62-41-20-13-19-40(29-41)59-36-60(50-26-12-11-25-49(50)59)54-43(37-15-5-3-6-16-37)22-14-23-44(54)38-17-7-4-8-18-38;/h3-28,31-35H,1-2H3;/q-2;. The summed E-state index contributed by atoms with van der Waals surface area (Å²) in [4.78, 5) is 15.6. The maximum atomic E-state index is 6.68. The third-order valence-corrected chi connectivity index (χ3v) is 12.4. The fraction of sp³-hybridized carbons (Fsp3) is 0.0370. The van der Waals surface area contributed by atoms with Crippen molar-refractivity contribution in [3.8, 4) is 62.1 Å². The first-order valence-corrected chi connectivity index (χ1v) is 21.7. The van der Waals surface area contributed by atoms with Gasteiger partial charge in [-0.25, -0.2) is 9.97 Å². The van der Waals surface area contributed by atoms with E-state index in [4.69, 9.17) is 9.72 Å². The number of pyridine rings is 1. The minimum atomic E-state index is 0.567. The van der Waals surface area contributed by atoms with Crippen molar-refractivity contribution in [3.05, 3.63) is 205 Å². The van der Waals surface area contributed by atoms with Crippen molar-refractivity contribution in [1.82, 2.24) is 28.7 Å². The van der Waals surface area contributed by atoms with Crippen molar-refractivity contribution in [3.63, 3.8) is 0 Å². The normalized spacial score (nSPS) is 11.4. The van der Waals surface area contributed by atoms with Crippen LogP contribution in [0.1, 0.15) is 0 Å². The summed E-state index contributed by atoms with van der Waals surface area (Å²) in [5.74, 6) is 1.90. The van der Waals surface area contributed by atoms with Crippen LogP contribution in [-0.2, 0) is 19.4 Å². The molecule has 4 aromatic heterocycles. The molecule has 0 amide bonds. The van der Waals surface area contributed by atoms with Crippen LogP contribution in [0.3, 0.4) is 0 Å². The van der Waals surface area contributed by atoms with Crippen LogP contribution < -0.4 is 9.64 Å². The van der Waals surface area contributed by atoms with Gasteiger partial charge in [-0.05, 0) is 0 Å². The Bertz CT molecular complexity index is 3480. The summed E-state index contributed by atoms with van der Waals surface area (Å²) >= 11 is 2.46. The molecule has 0 saturated carbocycles. The number of fused-ring (bicyclic) bond motifs is 4. The first-order valence-electron chi connectivity index (χ1n) is 20.5. The molecular formula is C54H37N7OPt-2. The summed E-state index contributed by atoms with van der Waals surface area (Å²) in [6.45, 7) is 0. The van der Waals surface area contributed by atoms with E-state index in [1.54, 1.807) is 0 Å². The van der Waals surface area contributed by atoms with Crippen LogP contribution in [0.5, 0.6) is 11.5 Å². The molecule has 0 aliphatic heterocycles. The molecule has 0 fully saturated rings. The molecule has 0 aliphatic rings. The van der Waals surface area contributed by atoms with Gasteiger partial charge in [-0.3, -0.25) is 0 Å². The Balaban J connectivity index is 1.03. The Morgan fingerprint density at radius 2 is 1.14 bits per heavy atom. The van der Waals surface area contributed by atoms with E-state index in [1.165, 1.54) is 6.33 Å². The number of anilines is 1. The summed E-state index contributed by atoms with van der Waals surface area (Å²) in [7, 11) is 4.06. The maximum absolute atomic E-state index is 6.68. The zero-order valence-corrected chi connectivity index (χ0v) is 36.5. The van der Waals surface area contributed by atoms with E-state index in [0.717, 1.165) is 92.9 Å². The predicted molar refractivity (Wildman–Crippen MR) is 248 cm³/mol. The number of hydrogen-bond donors (Lipinski definition) is 0. The van der Waals surface area contributed by atoms with Gasteiger partial charge in [0.1, 0.15) is 6.33 Å². The van der Waals surface area contributed by atoms with Gasteiger partial charge < -0.3 is 4.90 Å². The SMILES string of the molecule is CN(C)c1cc(-n2c3[c-]c(Oc4[c-]c(-n5[c](=[Pt])n(-c6c(-c7ccccc7)cccc6-c6ccccc6)c6ccccc65)ccc4)ccc3c3ccccc32)ncc1-c1cncnc1. The first kappa shape index (κ1) is 38.3. The monoisotopic (exact) mass is 994 g/mol. The average Bonchev–Trinajstić information content (AvgIpc) is 3.82. The van der Waals surface area contributed by atoms with Crippen molar-refractivity contribution in [1.29, 1.82) is 0 Å². The second-order valence-electron chi connectivity index (χ2n) is 15.4. The number of ether oxygens (including phenoxy) is 1. The van der Waals surface area contributed by atoms with E-state index in [2.05, 4.69) is 206 Å². The third kappa shape index (κ3) is 6.76. The minimum absolute atomic E-state index is 0.567. The smallest absolute Gasteiger partial charge is 0.244 e. The molecule has 306 valence electrons. The molecule has 0 bridgehead atoms. The molecule has 4 heterocycles. The van der Waals surface area contributed by atoms with E-state index in [0.29, 0.717) is 11.5 Å². The van der Waals surface area contributed by atoms with Gasteiger partial charge >= 0.3 is 294 Å². The second-order valence-corrected chi connectivity index (χ2v) is 16.4. The van der Waals surface area contributed by atoms with E-state index < -0.39 is 0 Å². The van der Waals surface area contributed by atoms with Crippen molar-refractivity contribution in [2.24, 2.45) is 0 Å². The Morgan fingerprint density at radius 1 is 0.524 bits per heavy atom. The average molecular weight is 995 g/mol. The minimum Gasteiger partial charge on any atom is -0.244 e. The number of imidazole rings is 1. The van der Waals surface area contributed by atoms with Gasteiger partial charge in [0.05, 0.1) is 0 Å². The third-order valence-electron chi connectivity index (χ3n) is 11.4. The molecule has 63 heavy (non-hydrogen) atoms. The van der Waals surface area contributed by atoms with Gasteiger partial charge in [-0.15, -0.1) is 0 Å².